The van der Waals surface area contributed by atoms with E-state index in [0.717, 1.165) is 42.1 Å². The van der Waals surface area contributed by atoms with Gasteiger partial charge in [0.25, 0.3) is 0 Å². The van der Waals surface area contributed by atoms with Crippen LogP contribution in [0.4, 0.5) is 5.69 Å². The first-order valence-corrected chi connectivity index (χ1v) is 7.04. The quantitative estimate of drug-likeness (QED) is 0.686. The van der Waals surface area contributed by atoms with Crippen LogP contribution in [0.25, 0.3) is 0 Å². The summed E-state index contributed by atoms with van der Waals surface area (Å²) in [5.74, 6) is 0.817. The van der Waals surface area contributed by atoms with Gasteiger partial charge in [0.1, 0.15) is 5.75 Å². The maximum Gasteiger partial charge on any atom is 0.160 e. The van der Waals surface area contributed by atoms with E-state index >= 15 is 0 Å². The summed E-state index contributed by atoms with van der Waals surface area (Å²) in [5.41, 5.74) is 2.83. The first kappa shape index (κ1) is 16.5. The highest BCUT2D eigenvalue weighted by Crippen LogP contribution is 2.32. The molecule has 1 aromatic carbocycles. The number of Topliss-reactive ketones (excluding diaryl/α,β-unsaturated/α-hetero) is 1. The molecule has 0 heterocycles. The van der Waals surface area contributed by atoms with Gasteiger partial charge in [-0.2, -0.15) is 0 Å². The van der Waals surface area contributed by atoms with E-state index in [2.05, 4.69) is 24.8 Å². The molecule has 0 amide bonds. The number of carbonyl (C=O) groups excluding carboxylic acids is 1. The molecule has 1 aromatic rings. The Kier molecular flexibility index (Phi) is 6.52. The summed E-state index contributed by atoms with van der Waals surface area (Å²) in [6.45, 7) is 8.07. The van der Waals surface area contributed by atoms with Crippen LogP contribution in [-0.2, 0) is 11.2 Å². The lowest BCUT2D eigenvalue weighted by Crippen LogP contribution is -2.27. The van der Waals surface area contributed by atoms with E-state index in [1.165, 1.54) is 0 Å². The van der Waals surface area contributed by atoms with Crippen molar-refractivity contribution in [3.05, 3.63) is 23.3 Å². The smallest absolute Gasteiger partial charge is 0.160 e. The molecule has 0 saturated heterocycles. The van der Waals surface area contributed by atoms with Crippen LogP contribution < -0.4 is 9.64 Å². The third-order valence-corrected chi connectivity index (χ3v) is 3.45. The lowest BCUT2D eigenvalue weighted by molar-refractivity contribution is 0.101. The summed E-state index contributed by atoms with van der Waals surface area (Å²) in [4.78, 5) is 13.9. The number of likely N-dealkylation sites (N-methyl/N-ethyl adjacent to an activating group) is 1. The molecule has 0 radical (unpaired) electrons. The minimum atomic E-state index is 0.0756. The molecule has 4 heteroatoms. The molecule has 0 aliphatic rings. The van der Waals surface area contributed by atoms with Crippen molar-refractivity contribution in [3.8, 4) is 5.75 Å². The van der Waals surface area contributed by atoms with E-state index < -0.39 is 0 Å². The van der Waals surface area contributed by atoms with Crippen LogP contribution in [0.1, 0.15) is 36.7 Å². The SMILES string of the molecule is CCc1cc(N(CC)CCOC)c(OC)cc1C(C)=O. The van der Waals surface area contributed by atoms with E-state index in [1.54, 1.807) is 21.1 Å². The molecule has 0 aromatic heterocycles. The Bertz CT molecular complexity index is 457. The summed E-state index contributed by atoms with van der Waals surface area (Å²) < 4.78 is 10.6. The fourth-order valence-corrected chi connectivity index (χ4v) is 2.29. The van der Waals surface area contributed by atoms with E-state index in [1.807, 2.05) is 6.07 Å². The molecule has 0 spiro atoms. The van der Waals surface area contributed by atoms with Crippen LogP contribution in [0, 0.1) is 0 Å². The third kappa shape index (κ3) is 3.73. The van der Waals surface area contributed by atoms with Crippen molar-refractivity contribution in [2.45, 2.75) is 27.2 Å². The number of methoxy groups -OCH3 is 2. The Morgan fingerprint density at radius 3 is 2.40 bits per heavy atom. The highest BCUT2D eigenvalue weighted by atomic mass is 16.5. The highest BCUT2D eigenvalue weighted by molar-refractivity contribution is 5.97. The normalized spacial score (nSPS) is 10.4. The number of ketones is 1. The number of hydrogen-bond acceptors (Lipinski definition) is 4. The molecule has 4 nitrogen and oxygen atoms in total. The Hall–Kier alpha value is -1.55. The van der Waals surface area contributed by atoms with Gasteiger partial charge in [-0.3, -0.25) is 4.79 Å². The maximum atomic E-state index is 11.7. The number of carbonyl (C=O) groups is 1. The number of ether oxygens (including phenoxy) is 2. The van der Waals surface area contributed by atoms with Crippen molar-refractivity contribution in [2.24, 2.45) is 0 Å². The molecule has 112 valence electrons. The van der Waals surface area contributed by atoms with Gasteiger partial charge < -0.3 is 14.4 Å². The third-order valence-electron chi connectivity index (χ3n) is 3.45. The lowest BCUT2D eigenvalue weighted by Gasteiger charge is -2.26. The molecule has 1 rings (SSSR count). The zero-order valence-electron chi connectivity index (χ0n) is 13.2. The fourth-order valence-electron chi connectivity index (χ4n) is 2.29. The van der Waals surface area contributed by atoms with Gasteiger partial charge in [-0.15, -0.1) is 0 Å². The number of rotatable bonds is 8. The van der Waals surface area contributed by atoms with Crippen molar-refractivity contribution in [2.75, 3.05) is 38.8 Å². The van der Waals surface area contributed by atoms with Crippen LogP contribution >= 0.6 is 0 Å². The molecule has 0 N–H and O–H groups in total. The first-order valence-electron chi connectivity index (χ1n) is 7.04. The summed E-state index contributed by atoms with van der Waals surface area (Å²) in [7, 11) is 3.33. The van der Waals surface area contributed by atoms with Crippen molar-refractivity contribution < 1.29 is 14.3 Å². The van der Waals surface area contributed by atoms with Crippen LogP contribution in [0.3, 0.4) is 0 Å². The molecule has 0 unspecified atom stereocenters. The van der Waals surface area contributed by atoms with E-state index in [0.29, 0.717) is 6.61 Å². The van der Waals surface area contributed by atoms with Gasteiger partial charge in [-0.05, 0) is 38.0 Å². The summed E-state index contributed by atoms with van der Waals surface area (Å²) in [6, 6.07) is 3.92. The van der Waals surface area contributed by atoms with Crippen LogP contribution in [0.2, 0.25) is 0 Å². The summed E-state index contributed by atoms with van der Waals surface area (Å²) in [5, 5.41) is 0. The number of anilines is 1. The molecular formula is C16H25NO3. The second-order valence-corrected chi connectivity index (χ2v) is 4.66. The zero-order valence-corrected chi connectivity index (χ0v) is 13.2. The average molecular weight is 279 g/mol. The number of aryl methyl sites for hydroxylation is 1. The zero-order chi connectivity index (χ0) is 15.1. The molecule has 20 heavy (non-hydrogen) atoms. The number of hydrogen-bond donors (Lipinski definition) is 0. The first-order chi connectivity index (χ1) is 9.58. The lowest BCUT2D eigenvalue weighted by atomic mass is 10.00. The van der Waals surface area contributed by atoms with Gasteiger partial charge in [-0.25, -0.2) is 0 Å². The molecular weight excluding hydrogens is 254 g/mol. The Labute approximate surface area is 121 Å². The minimum Gasteiger partial charge on any atom is -0.495 e. The number of benzene rings is 1. The topological polar surface area (TPSA) is 38.8 Å². The van der Waals surface area contributed by atoms with Gasteiger partial charge in [0.15, 0.2) is 5.78 Å². The molecule has 0 atom stereocenters. The van der Waals surface area contributed by atoms with Gasteiger partial charge in [0.2, 0.25) is 0 Å². The predicted octanol–water partition coefficient (Wildman–Crippen LogP) is 2.93. The Morgan fingerprint density at radius 1 is 1.25 bits per heavy atom. The van der Waals surface area contributed by atoms with Gasteiger partial charge in [-0.1, -0.05) is 6.92 Å². The Balaban J connectivity index is 3.26. The molecule has 0 saturated carbocycles. The van der Waals surface area contributed by atoms with Gasteiger partial charge in [0.05, 0.1) is 19.4 Å². The summed E-state index contributed by atoms with van der Waals surface area (Å²) in [6.07, 6.45) is 0.827. The Morgan fingerprint density at radius 2 is 1.95 bits per heavy atom. The van der Waals surface area contributed by atoms with Crippen molar-refractivity contribution in [1.82, 2.24) is 0 Å². The monoisotopic (exact) mass is 279 g/mol. The highest BCUT2D eigenvalue weighted by Gasteiger charge is 2.16. The van der Waals surface area contributed by atoms with E-state index in [4.69, 9.17) is 9.47 Å². The summed E-state index contributed by atoms with van der Waals surface area (Å²) >= 11 is 0. The van der Waals surface area contributed by atoms with Gasteiger partial charge >= 0.3 is 0 Å². The van der Waals surface area contributed by atoms with Crippen LogP contribution in [0.15, 0.2) is 12.1 Å². The van der Waals surface area contributed by atoms with E-state index in [-0.39, 0.29) is 5.78 Å². The molecule has 0 aliphatic heterocycles. The second kappa shape index (κ2) is 7.90. The second-order valence-electron chi connectivity index (χ2n) is 4.66. The average Bonchev–Trinajstić information content (AvgIpc) is 2.46. The molecule has 0 fully saturated rings. The predicted molar refractivity (Wildman–Crippen MR) is 82.1 cm³/mol. The number of nitrogens with zero attached hydrogens (tertiary/aromatic N) is 1. The fraction of sp³-hybridized carbons (Fsp3) is 0.562. The minimum absolute atomic E-state index is 0.0756. The largest absolute Gasteiger partial charge is 0.495 e. The molecule has 0 aliphatic carbocycles. The van der Waals surface area contributed by atoms with Crippen molar-refractivity contribution >= 4 is 11.5 Å². The van der Waals surface area contributed by atoms with Crippen molar-refractivity contribution in [3.63, 3.8) is 0 Å². The van der Waals surface area contributed by atoms with Gasteiger partial charge in [0, 0.05) is 25.8 Å². The van der Waals surface area contributed by atoms with Crippen LogP contribution in [0.5, 0.6) is 5.75 Å². The molecule has 0 bridgehead atoms. The van der Waals surface area contributed by atoms with E-state index in [9.17, 15) is 4.79 Å². The van der Waals surface area contributed by atoms with Crippen molar-refractivity contribution in [1.29, 1.82) is 0 Å². The standard InChI is InChI=1S/C16H25NO3/c1-6-13-10-15(17(7-2)8-9-19-4)16(20-5)11-14(13)12(3)18/h10-11H,6-9H2,1-5H3. The van der Waals surface area contributed by atoms with Crippen LogP contribution in [-0.4, -0.2) is 39.7 Å². The maximum absolute atomic E-state index is 11.7.